The minimum absolute atomic E-state index is 0.0238. The van der Waals surface area contributed by atoms with Crippen LogP contribution in [0.4, 0.5) is 5.69 Å². The Labute approximate surface area is 387 Å². The van der Waals surface area contributed by atoms with Crippen LogP contribution < -0.4 is 9.64 Å². The van der Waals surface area contributed by atoms with Crippen molar-refractivity contribution in [3.8, 4) is 50.7 Å². The van der Waals surface area contributed by atoms with Crippen molar-refractivity contribution in [2.75, 3.05) is 4.90 Å². The molecule has 0 aliphatic carbocycles. The third-order valence-corrected chi connectivity index (χ3v) is 13.1. The molecular weight excluding hydrogens is 805 g/mol. The number of allylic oxidation sites excluding steroid dienone is 2. The number of aryl methyl sites for hydroxylation is 3. The summed E-state index contributed by atoms with van der Waals surface area (Å²) in [6.07, 6.45) is 13.0. The topological polar surface area (TPSA) is 33.5 Å². The number of benzene rings is 7. The molecule has 322 valence electrons. The highest BCUT2D eigenvalue weighted by molar-refractivity contribution is 6.09. The highest BCUT2D eigenvalue weighted by atomic mass is 16.5. The number of anilines is 1. The van der Waals surface area contributed by atoms with E-state index < -0.39 is 0 Å². The van der Waals surface area contributed by atoms with Crippen molar-refractivity contribution in [2.45, 2.75) is 53.1 Å². The molecule has 11 rings (SSSR count). The molecule has 2 aliphatic heterocycles. The molecule has 1 unspecified atom stereocenters. The quantitative estimate of drug-likeness (QED) is 0.152. The Hall–Kier alpha value is -7.89. The van der Waals surface area contributed by atoms with E-state index in [1.165, 1.54) is 33.3 Å². The van der Waals surface area contributed by atoms with Gasteiger partial charge < -0.3 is 14.5 Å². The van der Waals surface area contributed by atoms with Crippen LogP contribution in [0.5, 0.6) is 11.5 Å². The van der Waals surface area contributed by atoms with Crippen LogP contribution in [0.2, 0.25) is 0 Å². The van der Waals surface area contributed by atoms with E-state index in [-0.39, 0.29) is 11.6 Å². The lowest BCUT2D eigenvalue weighted by Gasteiger charge is -2.33. The Morgan fingerprint density at radius 1 is 0.545 bits per heavy atom. The maximum atomic E-state index is 7.18. The second-order valence-corrected chi connectivity index (χ2v) is 18.7. The Morgan fingerprint density at radius 3 is 1.92 bits per heavy atom. The van der Waals surface area contributed by atoms with Gasteiger partial charge in [-0.3, -0.25) is 4.57 Å². The predicted octanol–water partition coefficient (Wildman–Crippen LogP) is 15.7. The van der Waals surface area contributed by atoms with Gasteiger partial charge >= 0.3 is 0 Å². The van der Waals surface area contributed by atoms with Crippen molar-refractivity contribution < 1.29 is 4.74 Å². The molecular formula is C61H52N4O. The molecule has 2 aliphatic rings. The number of fused-ring (bicyclic) bond motifs is 4. The minimum atomic E-state index is -0.0309. The van der Waals surface area contributed by atoms with Gasteiger partial charge in [-0.15, -0.1) is 0 Å². The third-order valence-electron chi connectivity index (χ3n) is 13.1. The molecule has 5 heteroatoms. The fourth-order valence-electron chi connectivity index (χ4n) is 10.1. The van der Waals surface area contributed by atoms with Crippen LogP contribution in [0.3, 0.4) is 0 Å². The van der Waals surface area contributed by atoms with Crippen LogP contribution in [0.1, 0.15) is 48.6 Å². The fraction of sp³-hybridized carbons (Fsp3) is 0.131. The highest BCUT2D eigenvalue weighted by Crippen LogP contribution is 2.46. The van der Waals surface area contributed by atoms with Gasteiger partial charge in [0.05, 0.1) is 16.7 Å². The molecule has 0 N–H and O–H groups in total. The van der Waals surface area contributed by atoms with Gasteiger partial charge in [-0.25, -0.2) is 4.98 Å². The number of nitrogens with zero attached hydrogens (tertiary/aromatic N) is 4. The number of aromatic nitrogens is 2. The first-order chi connectivity index (χ1) is 32.1. The Balaban J connectivity index is 1.13. The summed E-state index contributed by atoms with van der Waals surface area (Å²) >= 11 is 0. The summed E-state index contributed by atoms with van der Waals surface area (Å²) in [5.74, 6) is 2.37. The van der Waals surface area contributed by atoms with Crippen LogP contribution in [-0.2, 0) is 5.41 Å². The molecule has 66 heavy (non-hydrogen) atoms. The summed E-state index contributed by atoms with van der Waals surface area (Å²) in [4.78, 5) is 9.76. The number of hydrogen-bond donors (Lipinski definition) is 0. The van der Waals surface area contributed by atoms with Crippen LogP contribution in [0, 0.1) is 20.8 Å². The maximum Gasteiger partial charge on any atom is 0.137 e. The van der Waals surface area contributed by atoms with Crippen molar-refractivity contribution in [2.24, 2.45) is 0 Å². The zero-order valence-electron chi connectivity index (χ0n) is 38.3. The van der Waals surface area contributed by atoms with E-state index in [4.69, 9.17) is 9.72 Å². The van der Waals surface area contributed by atoms with Crippen molar-refractivity contribution in [1.82, 2.24) is 14.5 Å². The van der Waals surface area contributed by atoms with Gasteiger partial charge in [0.2, 0.25) is 0 Å². The van der Waals surface area contributed by atoms with Crippen molar-refractivity contribution in [3.63, 3.8) is 0 Å². The molecule has 0 spiro atoms. The minimum Gasteiger partial charge on any atom is -0.457 e. The second kappa shape index (κ2) is 16.3. The zero-order valence-corrected chi connectivity index (χ0v) is 38.3. The molecule has 0 saturated heterocycles. The average Bonchev–Trinajstić information content (AvgIpc) is 3.87. The van der Waals surface area contributed by atoms with Gasteiger partial charge in [0, 0.05) is 46.7 Å². The van der Waals surface area contributed by atoms with Gasteiger partial charge in [0.1, 0.15) is 23.5 Å². The van der Waals surface area contributed by atoms with Crippen molar-refractivity contribution in [3.05, 3.63) is 228 Å². The van der Waals surface area contributed by atoms with E-state index in [1.807, 2.05) is 6.20 Å². The van der Waals surface area contributed by atoms with Gasteiger partial charge in [0.15, 0.2) is 0 Å². The molecule has 2 aromatic heterocycles. The summed E-state index contributed by atoms with van der Waals surface area (Å²) in [5.41, 5.74) is 17.3. The SMILES string of the molecule is Cc1cc(C)c(N2C=C(c3cc(Oc4ccc5c6ccccc6n(-c6cc(C(C)(C)C)ccn6)c5c4)cc(-c4c(-c5ccccc5)cccc4-c4ccccc4)c3)N3C=CC=CC32)c(C)c1. The standard InChI is InChI=1S/C61H52N4O/c1-40-32-41(2)60(42(3)33-40)64-39-56(63-31-16-15-26-58(63)64)45-34-46(59-50(43-18-9-7-10-19-43)23-17-24-51(59)44-20-11-8-12-21-44)36-49(35-45)66-48-27-28-53-52-22-13-14-25-54(52)65(55(53)38-48)57-37-47(29-30-62-57)61(4,5)6/h7-39,58H,1-6H3. The third kappa shape index (κ3) is 7.27. The number of hydrogen-bond acceptors (Lipinski definition) is 4. The van der Waals surface area contributed by atoms with E-state index >= 15 is 0 Å². The van der Waals surface area contributed by atoms with Crippen molar-refractivity contribution >= 4 is 33.2 Å². The van der Waals surface area contributed by atoms with Gasteiger partial charge in [0.25, 0.3) is 0 Å². The van der Waals surface area contributed by atoms with Gasteiger partial charge in [-0.2, -0.15) is 0 Å². The highest BCUT2D eigenvalue weighted by Gasteiger charge is 2.34. The first-order valence-electron chi connectivity index (χ1n) is 22.9. The van der Waals surface area contributed by atoms with E-state index in [1.54, 1.807) is 0 Å². The number of rotatable bonds is 8. The largest absolute Gasteiger partial charge is 0.457 e. The molecule has 0 amide bonds. The summed E-state index contributed by atoms with van der Waals surface area (Å²) in [6, 6.07) is 58.9. The Bertz CT molecular complexity index is 3340. The van der Waals surface area contributed by atoms with E-state index in [2.05, 4.69) is 250 Å². The van der Waals surface area contributed by atoms with E-state index in [0.717, 1.165) is 78.4 Å². The van der Waals surface area contributed by atoms with E-state index in [0.29, 0.717) is 0 Å². The van der Waals surface area contributed by atoms with Gasteiger partial charge in [-0.1, -0.05) is 142 Å². The maximum absolute atomic E-state index is 7.18. The monoisotopic (exact) mass is 856 g/mol. The molecule has 1 atom stereocenters. The number of para-hydroxylation sites is 1. The molecule has 4 heterocycles. The smallest absolute Gasteiger partial charge is 0.137 e. The molecule has 0 saturated carbocycles. The first-order valence-corrected chi connectivity index (χ1v) is 22.9. The molecule has 5 nitrogen and oxygen atoms in total. The molecule has 0 fully saturated rings. The Kier molecular flexibility index (Phi) is 10.1. The molecule has 0 bridgehead atoms. The van der Waals surface area contributed by atoms with Gasteiger partial charge in [-0.05, 0) is 137 Å². The second-order valence-electron chi connectivity index (χ2n) is 18.7. The van der Waals surface area contributed by atoms with Crippen LogP contribution in [0.25, 0.3) is 66.7 Å². The lowest BCUT2D eigenvalue weighted by molar-refractivity contribution is 0.469. The lowest BCUT2D eigenvalue weighted by Crippen LogP contribution is -2.36. The lowest BCUT2D eigenvalue weighted by atomic mass is 9.87. The van der Waals surface area contributed by atoms with E-state index in [9.17, 15) is 0 Å². The average molecular weight is 857 g/mol. The van der Waals surface area contributed by atoms with Crippen LogP contribution in [0.15, 0.2) is 201 Å². The van der Waals surface area contributed by atoms with Crippen molar-refractivity contribution in [1.29, 1.82) is 0 Å². The fourth-order valence-corrected chi connectivity index (χ4v) is 10.1. The Morgan fingerprint density at radius 2 is 1.21 bits per heavy atom. The molecule has 0 radical (unpaired) electrons. The first kappa shape index (κ1) is 40.9. The normalized spacial score (nSPS) is 14.6. The predicted molar refractivity (Wildman–Crippen MR) is 275 cm³/mol. The summed E-state index contributed by atoms with van der Waals surface area (Å²) < 4.78 is 9.46. The number of ether oxygens (including phenoxy) is 1. The number of pyridine rings is 1. The molecule has 7 aromatic carbocycles. The van der Waals surface area contributed by atoms with Crippen LogP contribution in [-0.4, -0.2) is 20.6 Å². The zero-order chi connectivity index (χ0) is 45.1. The summed E-state index contributed by atoms with van der Waals surface area (Å²) in [6.45, 7) is 13.4. The van der Waals surface area contributed by atoms with Crippen LogP contribution >= 0.6 is 0 Å². The summed E-state index contributed by atoms with van der Waals surface area (Å²) in [5, 5.41) is 2.32. The summed E-state index contributed by atoms with van der Waals surface area (Å²) in [7, 11) is 0. The molecule has 9 aromatic rings.